The molecule has 0 radical (unpaired) electrons. The first-order valence-corrected chi connectivity index (χ1v) is 6.88. The van der Waals surface area contributed by atoms with Gasteiger partial charge in [0.1, 0.15) is 5.82 Å². The van der Waals surface area contributed by atoms with Crippen molar-refractivity contribution in [3.8, 4) is 0 Å². The number of hydrogen-bond acceptors (Lipinski definition) is 3. The van der Waals surface area contributed by atoms with E-state index in [1.807, 2.05) is 0 Å². The minimum Gasteiger partial charge on any atom is -0.389 e. The SMILES string of the molecule is CC(=O)NC1CCN(c2cc(C)c(F)cc2C(C)O)C1. The highest BCUT2D eigenvalue weighted by molar-refractivity contribution is 5.73. The Morgan fingerprint density at radius 1 is 1.55 bits per heavy atom. The van der Waals surface area contributed by atoms with Gasteiger partial charge >= 0.3 is 0 Å². The third kappa shape index (κ3) is 3.10. The standard InChI is InChI=1S/C15H21FN2O2/c1-9-6-15(13(10(2)19)7-14(9)16)18-5-4-12(8-18)17-11(3)20/h6-7,10,12,19H,4-5,8H2,1-3H3,(H,17,20). The van der Waals surface area contributed by atoms with Gasteiger partial charge in [-0.1, -0.05) is 0 Å². The summed E-state index contributed by atoms with van der Waals surface area (Å²) in [6, 6.07) is 3.29. The van der Waals surface area contributed by atoms with Crippen molar-refractivity contribution in [2.24, 2.45) is 0 Å². The van der Waals surface area contributed by atoms with Gasteiger partial charge in [-0.15, -0.1) is 0 Å². The smallest absolute Gasteiger partial charge is 0.217 e. The Hall–Kier alpha value is -1.62. The number of hydrogen-bond donors (Lipinski definition) is 2. The van der Waals surface area contributed by atoms with E-state index in [1.54, 1.807) is 19.9 Å². The number of amides is 1. The number of anilines is 1. The van der Waals surface area contributed by atoms with Crippen LogP contribution in [0.2, 0.25) is 0 Å². The molecule has 1 aliphatic heterocycles. The van der Waals surface area contributed by atoms with Crippen molar-refractivity contribution in [2.45, 2.75) is 39.3 Å². The first kappa shape index (κ1) is 14.8. The third-order valence-corrected chi connectivity index (χ3v) is 3.69. The molecule has 2 N–H and O–H groups in total. The van der Waals surface area contributed by atoms with Crippen molar-refractivity contribution < 1.29 is 14.3 Å². The molecule has 2 atom stereocenters. The monoisotopic (exact) mass is 280 g/mol. The molecule has 0 saturated carbocycles. The van der Waals surface area contributed by atoms with Crippen LogP contribution in [0, 0.1) is 12.7 Å². The van der Waals surface area contributed by atoms with Gasteiger partial charge in [0.05, 0.1) is 6.10 Å². The van der Waals surface area contributed by atoms with Crippen LogP contribution in [0.25, 0.3) is 0 Å². The minimum atomic E-state index is -0.722. The third-order valence-electron chi connectivity index (χ3n) is 3.69. The molecule has 0 aliphatic carbocycles. The van der Waals surface area contributed by atoms with Crippen LogP contribution >= 0.6 is 0 Å². The van der Waals surface area contributed by atoms with Gasteiger partial charge in [0.25, 0.3) is 0 Å². The van der Waals surface area contributed by atoms with Crippen molar-refractivity contribution in [1.29, 1.82) is 0 Å². The Kier molecular flexibility index (Phi) is 4.28. The summed E-state index contributed by atoms with van der Waals surface area (Å²) in [7, 11) is 0. The molecule has 20 heavy (non-hydrogen) atoms. The van der Waals surface area contributed by atoms with E-state index in [0.29, 0.717) is 17.7 Å². The molecular weight excluding hydrogens is 259 g/mol. The quantitative estimate of drug-likeness (QED) is 0.889. The molecule has 5 heteroatoms. The van der Waals surface area contributed by atoms with Crippen LogP contribution in [0.4, 0.5) is 10.1 Å². The zero-order valence-corrected chi connectivity index (χ0v) is 12.1. The van der Waals surface area contributed by atoms with Crippen LogP contribution < -0.4 is 10.2 Å². The lowest BCUT2D eigenvalue weighted by atomic mass is 10.0. The molecule has 0 bridgehead atoms. The largest absolute Gasteiger partial charge is 0.389 e. The zero-order chi connectivity index (χ0) is 14.9. The molecule has 1 amide bonds. The predicted molar refractivity (Wildman–Crippen MR) is 76.2 cm³/mol. The van der Waals surface area contributed by atoms with Crippen LogP contribution in [0.5, 0.6) is 0 Å². The maximum Gasteiger partial charge on any atom is 0.217 e. The average molecular weight is 280 g/mol. The Morgan fingerprint density at radius 2 is 2.25 bits per heavy atom. The molecule has 1 saturated heterocycles. The minimum absolute atomic E-state index is 0.0390. The second kappa shape index (κ2) is 5.79. The van der Waals surface area contributed by atoms with Gasteiger partial charge in [-0.2, -0.15) is 0 Å². The Balaban J connectivity index is 2.25. The summed E-state index contributed by atoms with van der Waals surface area (Å²) in [6.07, 6.45) is 0.134. The normalized spacial score (nSPS) is 20.1. The number of rotatable bonds is 3. The summed E-state index contributed by atoms with van der Waals surface area (Å²) >= 11 is 0. The highest BCUT2D eigenvalue weighted by Gasteiger charge is 2.26. The molecule has 1 aliphatic rings. The van der Waals surface area contributed by atoms with Gasteiger partial charge in [-0.25, -0.2) is 4.39 Å². The Morgan fingerprint density at radius 3 is 2.85 bits per heavy atom. The van der Waals surface area contributed by atoms with E-state index in [0.717, 1.165) is 18.7 Å². The number of halogens is 1. The number of nitrogens with zero attached hydrogens (tertiary/aromatic N) is 1. The first-order chi connectivity index (χ1) is 9.38. The van der Waals surface area contributed by atoms with Gasteiger partial charge in [-0.05, 0) is 38.0 Å². The molecule has 1 heterocycles. The molecular formula is C15H21FN2O2. The van der Waals surface area contributed by atoms with E-state index in [1.165, 1.54) is 13.0 Å². The summed E-state index contributed by atoms with van der Waals surface area (Å²) in [4.78, 5) is 13.2. The number of aryl methyl sites for hydroxylation is 1. The van der Waals surface area contributed by atoms with E-state index in [2.05, 4.69) is 10.2 Å². The highest BCUT2D eigenvalue weighted by atomic mass is 19.1. The number of nitrogens with one attached hydrogen (secondary N) is 1. The summed E-state index contributed by atoms with van der Waals surface area (Å²) in [5.41, 5.74) is 2.01. The number of benzene rings is 1. The van der Waals surface area contributed by atoms with Crippen LogP contribution in [0.3, 0.4) is 0 Å². The molecule has 0 aromatic heterocycles. The van der Waals surface area contributed by atoms with Crippen molar-refractivity contribution >= 4 is 11.6 Å². The summed E-state index contributed by atoms with van der Waals surface area (Å²) in [5.74, 6) is -0.342. The molecule has 2 rings (SSSR count). The Bertz CT molecular complexity index is 517. The maximum atomic E-state index is 13.7. The average Bonchev–Trinajstić information content (AvgIpc) is 2.79. The lowest BCUT2D eigenvalue weighted by Gasteiger charge is -2.24. The van der Waals surface area contributed by atoms with Crippen LogP contribution in [0.1, 0.15) is 37.5 Å². The zero-order valence-electron chi connectivity index (χ0n) is 12.1. The number of carbonyl (C=O) groups excluding carboxylic acids is 1. The van der Waals surface area contributed by atoms with E-state index in [4.69, 9.17) is 0 Å². The number of aliphatic hydroxyl groups is 1. The van der Waals surface area contributed by atoms with Crippen molar-refractivity contribution in [3.05, 3.63) is 29.1 Å². The lowest BCUT2D eigenvalue weighted by Crippen LogP contribution is -2.35. The fourth-order valence-electron chi connectivity index (χ4n) is 2.67. The van der Waals surface area contributed by atoms with Gasteiger partial charge in [0, 0.05) is 37.3 Å². The molecule has 1 aromatic rings. The second-order valence-electron chi connectivity index (χ2n) is 5.47. The van der Waals surface area contributed by atoms with Crippen LogP contribution in [0.15, 0.2) is 12.1 Å². The number of carbonyl (C=O) groups is 1. The van der Waals surface area contributed by atoms with Gasteiger partial charge in [0.2, 0.25) is 5.91 Å². The summed E-state index contributed by atoms with van der Waals surface area (Å²) < 4.78 is 13.7. The molecule has 110 valence electrons. The fourth-order valence-corrected chi connectivity index (χ4v) is 2.67. The molecule has 4 nitrogen and oxygen atoms in total. The van der Waals surface area contributed by atoms with Gasteiger partial charge in [-0.3, -0.25) is 4.79 Å². The van der Waals surface area contributed by atoms with Crippen molar-refractivity contribution in [2.75, 3.05) is 18.0 Å². The topological polar surface area (TPSA) is 52.6 Å². The predicted octanol–water partition coefficient (Wildman–Crippen LogP) is 1.90. The molecule has 1 fully saturated rings. The number of aliphatic hydroxyl groups excluding tert-OH is 1. The van der Waals surface area contributed by atoms with Gasteiger partial charge < -0.3 is 15.3 Å². The summed E-state index contributed by atoms with van der Waals surface area (Å²) in [5, 5.41) is 12.7. The van der Waals surface area contributed by atoms with Gasteiger partial charge in [0.15, 0.2) is 0 Å². The van der Waals surface area contributed by atoms with E-state index in [-0.39, 0.29) is 17.8 Å². The van der Waals surface area contributed by atoms with Crippen molar-refractivity contribution in [3.63, 3.8) is 0 Å². The molecule has 1 aromatic carbocycles. The maximum absolute atomic E-state index is 13.7. The van der Waals surface area contributed by atoms with E-state index in [9.17, 15) is 14.3 Å². The van der Waals surface area contributed by atoms with E-state index >= 15 is 0 Å². The fraction of sp³-hybridized carbons (Fsp3) is 0.533. The summed E-state index contributed by atoms with van der Waals surface area (Å²) in [6.45, 7) is 6.33. The highest BCUT2D eigenvalue weighted by Crippen LogP contribution is 2.31. The Labute approximate surface area is 118 Å². The first-order valence-electron chi connectivity index (χ1n) is 6.88. The van der Waals surface area contributed by atoms with E-state index < -0.39 is 6.10 Å². The second-order valence-corrected chi connectivity index (χ2v) is 5.47. The lowest BCUT2D eigenvalue weighted by molar-refractivity contribution is -0.119. The van der Waals surface area contributed by atoms with Crippen LogP contribution in [-0.4, -0.2) is 30.1 Å². The van der Waals surface area contributed by atoms with Crippen LogP contribution in [-0.2, 0) is 4.79 Å². The molecule has 0 spiro atoms. The molecule has 2 unspecified atom stereocenters. The van der Waals surface area contributed by atoms with Crippen molar-refractivity contribution in [1.82, 2.24) is 5.32 Å².